The van der Waals surface area contributed by atoms with Crippen LogP contribution < -0.4 is 0 Å². The summed E-state index contributed by atoms with van der Waals surface area (Å²) in [6, 6.07) is 4.13. The van der Waals surface area contributed by atoms with Crippen molar-refractivity contribution in [1.29, 1.82) is 0 Å². The highest BCUT2D eigenvalue weighted by Crippen LogP contribution is 2.40. The molecule has 0 spiro atoms. The summed E-state index contributed by atoms with van der Waals surface area (Å²) in [6.07, 6.45) is 3.18. The third-order valence-electron chi connectivity index (χ3n) is 3.02. The summed E-state index contributed by atoms with van der Waals surface area (Å²) >= 11 is 0. The van der Waals surface area contributed by atoms with Crippen molar-refractivity contribution in [1.82, 2.24) is 9.55 Å². The zero-order valence-electron chi connectivity index (χ0n) is 8.80. The molecule has 3 rings (SSSR count). The monoisotopic (exact) mass is 232 g/mol. The zero-order valence-corrected chi connectivity index (χ0v) is 8.80. The van der Waals surface area contributed by atoms with Gasteiger partial charge in [0.05, 0.1) is 30.7 Å². The molecule has 1 aromatic carbocycles. The van der Waals surface area contributed by atoms with Crippen molar-refractivity contribution < 1.29 is 14.3 Å². The summed E-state index contributed by atoms with van der Waals surface area (Å²) in [6.45, 7) is 0. The summed E-state index contributed by atoms with van der Waals surface area (Å²) in [5.74, 6) is -1.21. The number of benzene rings is 1. The number of hydrogen-bond donors (Lipinski definition) is 1. The van der Waals surface area contributed by atoms with Gasteiger partial charge in [-0.2, -0.15) is 0 Å². The minimum absolute atomic E-state index is 0.0258. The molecule has 1 N–H and O–H groups in total. The van der Waals surface area contributed by atoms with E-state index < -0.39 is 5.97 Å². The fourth-order valence-electron chi connectivity index (χ4n) is 2.33. The number of rotatable bonds is 2. The predicted octanol–water partition coefficient (Wildman–Crippen LogP) is 2.07. The Kier molecular flexibility index (Phi) is 2.01. The number of carbonyl (C=O) groups is 1. The molecule has 2 heterocycles. The maximum absolute atomic E-state index is 13.2. The SMILES string of the molecule is O=C(O)CC1c2ccc(F)cc2-c2cncn21. The molecule has 4 nitrogen and oxygen atoms in total. The molecule has 86 valence electrons. The lowest BCUT2D eigenvalue weighted by molar-refractivity contribution is -0.137. The normalized spacial score (nSPS) is 16.6. The second-order valence-electron chi connectivity index (χ2n) is 4.03. The van der Waals surface area contributed by atoms with Crippen LogP contribution in [0.1, 0.15) is 18.0 Å². The lowest BCUT2D eigenvalue weighted by Gasteiger charge is -2.11. The fraction of sp³-hybridized carbons (Fsp3) is 0.167. The molecule has 1 atom stereocenters. The van der Waals surface area contributed by atoms with Crippen LogP contribution in [0.3, 0.4) is 0 Å². The van der Waals surface area contributed by atoms with Crippen LogP contribution in [0, 0.1) is 5.82 Å². The van der Waals surface area contributed by atoms with Gasteiger partial charge < -0.3 is 9.67 Å². The third-order valence-corrected chi connectivity index (χ3v) is 3.02. The zero-order chi connectivity index (χ0) is 12.0. The first-order chi connectivity index (χ1) is 8.16. The van der Waals surface area contributed by atoms with Crippen molar-refractivity contribution in [2.45, 2.75) is 12.5 Å². The Morgan fingerprint density at radius 1 is 1.53 bits per heavy atom. The molecule has 1 aliphatic heterocycles. The Morgan fingerprint density at radius 2 is 2.35 bits per heavy atom. The largest absolute Gasteiger partial charge is 0.481 e. The molecule has 0 aliphatic carbocycles. The van der Waals surface area contributed by atoms with Gasteiger partial charge in [-0.1, -0.05) is 6.07 Å². The van der Waals surface area contributed by atoms with Gasteiger partial charge >= 0.3 is 5.97 Å². The van der Waals surface area contributed by atoms with Crippen molar-refractivity contribution in [2.24, 2.45) is 0 Å². The van der Waals surface area contributed by atoms with Crippen molar-refractivity contribution >= 4 is 5.97 Å². The van der Waals surface area contributed by atoms with E-state index in [0.717, 1.165) is 16.8 Å². The Morgan fingerprint density at radius 3 is 3.12 bits per heavy atom. The lowest BCUT2D eigenvalue weighted by atomic mass is 10.0. The van der Waals surface area contributed by atoms with Gasteiger partial charge in [0.1, 0.15) is 5.82 Å². The first kappa shape index (κ1) is 10.0. The summed E-state index contributed by atoms with van der Waals surface area (Å²) < 4.78 is 15.0. The van der Waals surface area contributed by atoms with E-state index in [-0.39, 0.29) is 18.3 Å². The molecule has 1 unspecified atom stereocenters. The molecule has 0 amide bonds. The number of carboxylic acids is 1. The molecule has 1 aliphatic rings. The van der Waals surface area contributed by atoms with Gasteiger partial charge in [-0.15, -0.1) is 0 Å². The molecule has 0 fully saturated rings. The summed E-state index contributed by atoms with van der Waals surface area (Å²) in [4.78, 5) is 14.8. The van der Waals surface area contributed by atoms with Gasteiger partial charge in [0.15, 0.2) is 0 Å². The first-order valence-corrected chi connectivity index (χ1v) is 5.20. The number of aliphatic carboxylic acids is 1. The molecule has 17 heavy (non-hydrogen) atoms. The Balaban J connectivity index is 2.18. The summed E-state index contributed by atoms with van der Waals surface area (Å²) in [7, 11) is 0. The lowest BCUT2D eigenvalue weighted by Crippen LogP contribution is -2.10. The minimum Gasteiger partial charge on any atom is -0.481 e. The molecule has 0 saturated carbocycles. The molecule has 0 radical (unpaired) electrons. The molecule has 2 aromatic rings. The molecule has 1 aromatic heterocycles. The van der Waals surface area contributed by atoms with Gasteiger partial charge in [0.25, 0.3) is 0 Å². The van der Waals surface area contributed by atoms with Crippen LogP contribution in [0.4, 0.5) is 4.39 Å². The van der Waals surface area contributed by atoms with Crippen molar-refractivity contribution in [2.75, 3.05) is 0 Å². The van der Waals surface area contributed by atoms with Crippen LogP contribution in [-0.4, -0.2) is 20.6 Å². The van der Waals surface area contributed by atoms with E-state index in [9.17, 15) is 9.18 Å². The van der Waals surface area contributed by atoms with E-state index in [2.05, 4.69) is 4.98 Å². The smallest absolute Gasteiger partial charge is 0.305 e. The maximum atomic E-state index is 13.2. The highest BCUT2D eigenvalue weighted by Gasteiger charge is 2.30. The van der Waals surface area contributed by atoms with Crippen LogP contribution in [0.15, 0.2) is 30.7 Å². The van der Waals surface area contributed by atoms with E-state index in [1.165, 1.54) is 12.1 Å². The quantitative estimate of drug-likeness (QED) is 0.862. The fourth-order valence-corrected chi connectivity index (χ4v) is 2.33. The van der Waals surface area contributed by atoms with E-state index in [4.69, 9.17) is 5.11 Å². The topological polar surface area (TPSA) is 55.1 Å². The van der Waals surface area contributed by atoms with E-state index >= 15 is 0 Å². The first-order valence-electron chi connectivity index (χ1n) is 5.20. The predicted molar refractivity (Wildman–Crippen MR) is 58.0 cm³/mol. The van der Waals surface area contributed by atoms with Crippen LogP contribution in [-0.2, 0) is 4.79 Å². The van der Waals surface area contributed by atoms with Crippen molar-refractivity contribution in [3.63, 3.8) is 0 Å². The van der Waals surface area contributed by atoms with Gasteiger partial charge in [-0.05, 0) is 17.7 Å². The highest BCUT2D eigenvalue weighted by atomic mass is 19.1. The van der Waals surface area contributed by atoms with Gasteiger partial charge in [-0.25, -0.2) is 9.37 Å². The molecule has 0 bridgehead atoms. The van der Waals surface area contributed by atoms with Crippen molar-refractivity contribution in [3.05, 3.63) is 42.1 Å². The van der Waals surface area contributed by atoms with E-state index in [1.807, 2.05) is 0 Å². The second kappa shape index (κ2) is 3.41. The maximum Gasteiger partial charge on any atom is 0.305 e. The number of hydrogen-bond acceptors (Lipinski definition) is 2. The van der Waals surface area contributed by atoms with E-state index in [1.54, 1.807) is 23.2 Å². The number of fused-ring (bicyclic) bond motifs is 3. The average Bonchev–Trinajstić information content (AvgIpc) is 2.82. The number of carboxylic acid groups (broad SMARTS) is 1. The summed E-state index contributed by atoms with van der Waals surface area (Å²) in [5, 5.41) is 8.91. The van der Waals surface area contributed by atoms with E-state index in [0.29, 0.717) is 0 Å². The molecule has 5 heteroatoms. The number of halogens is 1. The Labute approximate surface area is 96.3 Å². The van der Waals surface area contributed by atoms with Crippen LogP contribution >= 0.6 is 0 Å². The Hall–Kier alpha value is -2.17. The average molecular weight is 232 g/mol. The molecule has 0 saturated heterocycles. The van der Waals surface area contributed by atoms with Crippen LogP contribution in [0.2, 0.25) is 0 Å². The second-order valence-corrected chi connectivity index (χ2v) is 4.03. The number of imidazole rings is 1. The Bertz CT molecular complexity index is 606. The third kappa shape index (κ3) is 1.43. The van der Waals surface area contributed by atoms with Crippen molar-refractivity contribution in [3.8, 4) is 11.3 Å². The van der Waals surface area contributed by atoms with Gasteiger partial charge in [0, 0.05) is 5.56 Å². The molecular formula is C12H9FN2O2. The summed E-state index contributed by atoms with van der Waals surface area (Å²) in [5.41, 5.74) is 2.34. The van der Waals surface area contributed by atoms with Gasteiger partial charge in [-0.3, -0.25) is 4.79 Å². The highest BCUT2D eigenvalue weighted by molar-refractivity contribution is 5.74. The van der Waals surface area contributed by atoms with Crippen LogP contribution in [0.5, 0.6) is 0 Å². The van der Waals surface area contributed by atoms with Gasteiger partial charge in [0.2, 0.25) is 0 Å². The minimum atomic E-state index is -0.883. The standard InChI is InChI=1S/C12H9FN2O2/c13-7-1-2-8-9(3-7)11-5-14-6-15(11)10(8)4-12(16)17/h1-3,5-6,10H,4H2,(H,16,17). The number of nitrogens with zero attached hydrogens (tertiary/aromatic N) is 2. The molecular weight excluding hydrogens is 223 g/mol. The van der Waals surface area contributed by atoms with Crippen LogP contribution in [0.25, 0.3) is 11.3 Å². The number of aromatic nitrogens is 2.